The molecule has 2 fully saturated rings. The van der Waals surface area contributed by atoms with Gasteiger partial charge in [-0.3, -0.25) is 14.5 Å². The van der Waals surface area contributed by atoms with Crippen molar-refractivity contribution in [1.29, 1.82) is 0 Å². The summed E-state index contributed by atoms with van der Waals surface area (Å²) >= 11 is 0. The third-order valence-electron chi connectivity index (χ3n) is 8.16. The van der Waals surface area contributed by atoms with Crippen LogP contribution in [-0.2, 0) is 13.2 Å². The summed E-state index contributed by atoms with van der Waals surface area (Å²) in [6, 6.07) is 10.3. The van der Waals surface area contributed by atoms with Crippen LogP contribution in [0.5, 0.6) is 5.75 Å². The van der Waals surface area contributed by atoms with Gasteiger partial charge in [0.1, 0.15) is 11.6 Å². The van der Waals surface area contributed by atoms with Gasteiger partial charge in [0.25, 0.3) is 11.5 Å². The Morgan fingerprint density at radius 3 is 2.26 bits per heavy atom. The van der Waals surface area contributed by atoms with E-state index in [-0.39, 0.29) is 23.3 Å². The Labute approximate surface area is 241 Å². The zero-order valence-corrected chi connectivity index (χ0v) is 24.0. The van der Waals surface area contributed by atoms with Gasteiger partial charge < -0.3 is 19.5 Å². The van der Waals surface area contributed by atoms with E-state index in [1.807, 2.05) is 25.8 Å². The minimum Gasteiger partial charge on any atom is -0.493 e. The molecular formula is C31H34F4N4O3. The molecule has 2 aliphatic rings. The number of benzene rings is 2. The Balaban J connectivity index is 1.54. The van der Waals surface area contributed by atoms with E-state index in [0.29, 0.717) is 48.7 Å². The van der Waals surface area contributed by atoms with Crippen molar-refractivity contribution in [2.24, 2.45) is 13.0 Å². The second-order valence-corrected chi connectivity index (χ2v) is 11.4. The second kappa shape index (κ2) is 11.4. The summed E-state index contributed by atoms with van der Waals surface area (Å²) in [5.41, 5.74) is -1.72. The van der Waals surface area contributed by atoms with Crippen LogP contribution in [0.1, 0.15) is 42.6 Å². The molecule has 1 aromatic heterocycles. The van der Waals surface area contributed by atoms with Gasteiger partial charge in [-0.25, -0.2) is 4.39 Å². The van der Waals surface area contributed by atoms with E-state index in [0.717, 1.165) is 23.6 Å². The fourth-order valence-electron chi connectivity index (χ4n) is 5.21. The van der Waals surface area contributed by atoms with Gasteiger partial charge in [-0.15, -0.1) is 0 Å². The van der Waals surface area contributed by atoms with Gasteiger partial charge in [0, 0.05) is 50.0 Å². The van der Waals surface area contributed by atoms with Crippen molar-refractivity contribution in [2.45, 2.75) is 44.9 Å². The number of aryl methyl sites for hydroxylation is 1. The molecule has 2 unspecified atom stereocenters. The molecule has 2 heterocycles. The van der Waals surface area contributed by atoms with Crippen molar-refractivity contribution in [3.8, 4) is 16.9 Å². The van der Waals surface area contributed by atoms with Crippen LogP contribution in [0.4, 0.5) is 28.9 Å². The monoisotopic (exact) mass is 586 g/mol. The van der Waals surface area contributed by atoms with Crippen LogP contribution in [0.15, 0.2) is 53.5 Å². The summed E-state index contributed by atoms with van der Waals surface area (Å²) in [5.74, 6) is -0.362. The van der Waals surface area contributed by atoms with Crippen LogP contribution >= 0.6 is 0 Å². The first-order valence-corrected chi connectivity index (χ1v) is 13.9. The van der Waals surface area contributed by atoms with Crippen LogP contribution in [0.2, 0.25) is 0 Å². The Hall–Kier alpha value is -3.86. The lowest BCUT2D eigenvalue weighted by molar-refractivity contribution is -0.138. The number of anilines is 2. The van der Waals surface area contributed by atoms with Gasteiger partial charge in [-0.2, -0.15) is 13.2 Å². The topological polar surface area (TPSA) is 66.8 Å². The largest absolute Gasteiger partial charge is 0.493 e. The molecule has 42 heavy (non-hydrogen) atoms. The fraction of sp³-hybridized carbons (Fsp3) is 0.419. The molecule has 7 nitrogen and oxygen atoms in total. The molecule has 2 atom stereocenters. The molecule has 0 radical (unpaired) electrons. The van der Waals surface area contributed by atoms with Crippen LogP contribution < -0.4 is 20.5 Å². The van der Waals surface area contributed by atoms with Crippen molar-refractivity contribution in [3.63, 3.8) is 0 Å². The number of nitrogens with zero attached hydrogens (tertiary/aromatic N) is 3. The Morgan fingerprint density at radius 2 is 1.67 bits per heavy atom. The average Bonchev–Trinajstić information content (AvgIpc) is 3.76. The van der Waals surface area contributed by atoms with Crippen molar-refractivity contribution in [3.05, 3.63) is 76.0 Å². The van der Waals surface area contributed by atoms with Crippen LogP contribution in [0, 0.1) is 11.7 Å². The lowest BCUT2D eigenvalue weighted by Gasteiger charge is -2.44. The summed E-state index contributed by atoms with van der Waals surface area (Å²) in [7, 11) is 3.27. The Bertz CT molecular complexity index is 1520. The van der Waals surface area contributed by atoms with Crippen molar-refractivity contribution in [2.75, 3.05) is 37.0 Å². The summed E-state index contributed by atoms with van der Waals surface area (Å²) < 4.78 is 63.9. The molecule has 1 saturated heterocycles. The highest BCUT2D eigenvalue weighted by Gasteiger charge is 2.37. The highest BCUT2D eigenvalue weighted by atomic mass is 19.4. The number of amides is 1. The minimum atomic E-state index is -4.93. The van der Waals surface area contributed by atoms with Gasteiger partial charge in [0.05, 0.1) is 29.1 Å². The van der Waals surface area contributed by atoms with Crippen LogP contribution in [0.3, 0.4) is 0 Å². The first-order valence-electron chi connectivity index (χ1n) is 13.9. The van der Waals surface area contributed by atoms with Crippen molar-refractivity contribution >= 4 is 17.3 Å². The SMILES string of the molecule is CC1CN(c2cc(F)c(-c3ccc(OCC4CC4)cc3)cc2NC(=O)c2cn(C)c(=O)cc2C(F)(F)F)CC(C)N1C. The number of aromatic nitrogens is 1. The first kappa shape index (κ1) is 29.6. The zero-order chi connectivity index (χ0) is 30.3. The van der Waals surface area contributed by atoms with Gasteiger partial charge in [-0.05, 0) is 69.5 Å². The maximum Gasteiger partial charge on any atom is 0.417 e. The third-order valence-corrected chi connectivity index (χ3v) is 8.16. The van der Waals surface area contributed by atoms with E-state index in [2.05, 4.69) is 10.2 Å². The highest BCUT2D eigenvalue weighted by Crippen LogP contribution is 2.38. The molecule has 1 aliphatic carbocycles. The number of nitrogens with one attached hydrogen (secondary N) is 1. The van der Waals surface area contributed by atoms with E-state index in [9.17, 15) is 22.8 Å². The maximum absolute atomic E-state index is 15.7. The molecule has 11 heteroatoms. The first-order chi connectivity index (χ1) is 19.8. The Morgan fingerprint density at radius 1 is 1.02 bits per heavy atom. The number of alkyl halides is 3. The van der Waals surface area contributed by atoms with Gasteiger partial charge in [0.2, 0.25) is 0 Å². The molecule has 1 aliphatic heterocycles. The highest BCUT2D eigenvalue weighted by molar-refractivity contribution is 6.07. The van der Waals surface area contributed by atoms with E-state index in [1.54, 1.807) is 24.3 Å². The molecule has 0 bridgehead atoms. The van der Waals surface area contributed by atoms with Gasteiger partial charge in [-0.1, -0.05) is 12.1 Å². The molecule has 1 amide bonds. The number of ether oxygens (including phenoxy) is 1. The lowest BCUT2D eigenvalue weighted by Crippen LogP contribution is -2.55. The predicted octanol–water partition coefficient (Wildman–Crippen LogP) is 5.78. The standard InChI is InChI=1S/C31H34F4N4O3/c1-18-14-39(15-19(2)38(18)4)28-13-26(32)23(21-7-9-22(10-8-21)42-17-20-5-6-20)11-27(28)36-30(41)24-16-37(3)29(40)12-25(24)31(33,34)35/h7-13,16,18-20H,5-6,14-15,17H2,1-4H3,(H,36,41). The lowest BCUT2D eigenvalue weighted by atomic mass is 10.0. The quantitative estimate of drug-likeness (QED) is 0.356. The number of carbonyl (C=O) groups is 1. The summed E-state index contributed by atoms with van der Waals surface area (Å²) in [4.78, 5) is 29.5. The molecule has 224 valence electrons. The van der Waals surface area contributed by atoms with Gasteiger partial charge >= 0.3 is 6.18 Å². The van der Waals surface area contributed by atoms with E-state index in [1.165, 1.54) is 19.2 Å². The molecule has 1 N–H and O–H groups in total. The van der Waals surface area contributed by atoms with Crippen LogP contribution in [0.25, 0.3) is 11.1 Å². The van der Waals surface area contributed by atoms with E-state index >= 15 is 4.39 Å². The average molecular weight is 587 g/mol. The zero-order valence-electron chi connectivity index (χ0n) is 24.0. The molecule has 2 aromatic carbocycles. The number of pyridine rings is 1. The van der Waals surface area contributed by atoms with E-state index < -0.39 is 34.6 Å². The van der Waals surface area contributed by atoms with Gasteiger partial charge in [0.15, 0.2) is 0 Å². The molecule has 1 saturated carbocycles. The summed E-state index contributed by atoms with van der Waals surface area (Å²) in [6.07, 6.45) is -1.76. The third kappa shape index (κ3) is 6.30. The minimum absolute atomic E-state index is 0.101. The molecule has 3 aromatic rings. The Kier molecular flexibility index (Phi) is 8.06. The van der Waals surface area contributed by atoms with Crippen molar-refractivity contribution < 1.29 is 27.1 Å². The normalized spacial score (nSPS) is 19.6. The molecule has 5 rings (SSSR count). The number of piperazine rings is 1. The maximum atomic E-state index is 15.7. The number of carbonyl (C=O) groups excluding carboxylic acids is 1. The second-order valence-electron chi connectivity index (χ2n) is 11.4. The number of hydrogen-bond acceptors (Lipinski definition) is 5. The number of halogens is 4. The smallest absolute Gasteiger partial charge is 0.417 e. The predicted molar refractivity (Wildman–Crippen MR) is 154 cm³/mol. The van der Waals surface area contributed by atoms with E-state index in [4.69, 9.17) is 4.74 Å². The fourth-order valence-corrected chi connectivity index (χ4v) is 5.21. The summed E-state index contributed by atoms with van der Waals surface area (Å²) in [5, 5.41) is 2.61. The van der Waals surface area contributed by atoms with Crippen molar-refractivity contribution in [1.82, 2.24) is 9.47 Å². The number of likely N-dealkylation sites (N-methyl/N-ethyl adjacent to an activating group) is 1. The molecular weight excluding hydrogens is 552 g/mol. The number of hydrogen-bond donors (Lipinski definition) is 1. The molecule has 0 spiro atoms. The summed E-state index contributed by atoms with van der Waals surface area (Å²) in [6.45, 7) is 5.72. The number of rotatable bonds is 7. The van der Waals surface area contributed by atoms with Crippen LogP contribution in [-0.4, -0.2) is 54.2 Å².